The van der Waals surface area contributed by atoms with Crippen molar-refractivity contribution in [2.24, 2.45) is 4.99 Å². The maximum Gasteiger partial charge on any atom is 0.191 e. The van der Waals surface area contributed by atoms with Crippen LogP contribution in [0.3, 0.4) is 0 Å². The van der Waals surface area contributed by atoms with Gasteiger partial charge in [0.25, 0.3) is 0 Å². The SMILES string of the molecule is CN=C(NCc1ccnc(N2CCOC(C)C2)c1)NCC1(c2cccs2)CCCCC1.I. The van der Waals surface area contributed by atoms with Gasteiger partial charge in [-0.05, 0) is 48.9 Å². The van der Waals surface area contributed by atoms with Gasteiger partial charge in [0, 0.05) is 49.7 Å². The molecule has 0 amide bonds. The zero-order valence-electron chi connectivity index (χ0n) is 19.2. The van der Waals surface area contributed by atoms with E-state index in [0.29, 0.717) is 0 Å². The molecule has 0 spiro atoms. The van der Waals surface area contributed by atoms with Gasteiger partial charge < -0.3 is 20.3 Å². The molecule has 6 nitrogen and oxygen atoms in total. The van der Waals surface area contributed by atoms with Crippen LogP contribution < -0.4 is 15.5 Å². The van der Waals surface area contributed by atoms with Gasteiger partial charge in [0.2, 0.25) is 0 Å². The number of aromatic nitrogens is 1. The van der Waals surface area contributed by atoms with E-state index in [2.05, 4.69) is 62.1 Å². The average molecular weight is 570 g/mol. The highest BCUT2D eigenvalue weighted by Gasteiger charge is 2.34. The summed E-state index contributed by atoms with van der Waals surface area (Å²) in [5.74, 6) is 1.89. The molecule has 1 unspecified atom stereocenters. The van der Waals surface area contributed by atoms with Crippen LogP contribution in [0.5, 0.6) is 0 Å². The molecular formula is C24H36IN5OS. The van der Waals surface area contributed by atoms with Crippen LogP contribution in [0, 0.1) is 0 Å². The summed E-state index contributed by atoms with van der Waals surface area (Å²) in [5.41, 5.74) is 1.44. The second-order valence-corrected chi connectivity index (χ2v) is 9.70. The van der Waals surface area contributed by atoms with Crippen LogP contribution >= 0.6 is 35.3 Å². The number of ether oxygens (including phenoxy) is 1. The number of hydrogen-bond acceptors (Lipinski definition) is 5. The van der Waals surface area contributed by atoms with Crippen molar-refractivity contribution in [2.45, 2.75) is 57.1 Å². The number of guanidine groups is 1. The Bertz CT molecular complexity index is 854. The Morgan fingerprint density at radius 3 is 2.84 bits per heavy atom. The van der Waals surface area contributed by atoms with E-state index in [9.17, 15) is 0 Å². The van der Waals surface area contributed by atoms with E-state index in [-0.39, 0.29) is 35.5 Å². The van der Waals surface area contributed by atoms with Crippen LogP contribution in [-0.2, 0) is 16.7 Å². The van der Waals surface area contributed by atoms with E-state index in [1.165, 1.54) is 42.5 Å². The number of nitrogens with one attached hydrogen (secondary N) is 2. The fourth-order valence-corrected chi connectivity index (χ4v) is 5.74. The molecule has 1 saturated heterocycles. The van der Waals surface area contributed by atoms with Crippen molar-refractivity contribution in [3.05, 3.63) is 46.3 Å². The summed E-state index contributed by atoms with van der Waals surface area (Å²) in [4.78, 5) is 12.9. The van der Waals surface area contributed by atoms with Gasteiger partial charge >= 0.3 is 0 Å². The average Bonchev–Trinajstić information content (AvgIpc) is 3.36. The number of rotatable bonds is 6. The van der Waals surface area contributed by atoms with E-state index < -0.39 is 0 Å². The van der Waals surface area contributed by atoms with Crippen molar-refractivity contribution in [2.75, 3.05) is 38.2 Å². The third-order valence-electron chi connectivity index (χ3n) is 6.51. The maximum atomic E-state index is 5.66. The summed E-state index contributed by atoms with van der Waals surface area (Å²) in [6.45, 7) is 6.30. The van der Waals surface area contributed by atoms with Crippen molar-refractivity contribution in [1.82, 2.24) is 15.6 Å². The number of nitrogens with zero attached hydrogens (tertiary/aromatic N) is 3. The molecule has 3 heterocycles. The molecule has 2 aliphatic rings. The number of anilines is 1. The highest BCUT2D eigenvalue weighted by atomic mass is 127. The molecule has 0 bridgehead atoms. The normalized spacial score (nSPS) is 21.0. The van der Waals surface area contributed by atoms with E-state index in [4.69, 9.17) is 4.74 Å². The largest absolute Gasteiger partial charge is 0.375 e. The zero-order chi connectivity index (χ0) is 21.5. The molecule has 1 aliphatic heterocycles. The molecule has 32 heavy (non-hydrogen) atoms. The van der Waals surface area contributed by atoms with Crippen LogP contribution in [-0.4, -0.2) is 50.3 Å². The lowest BCUT2D eigenvalue weighted by Crippen LogP contribution is -2.46. The van der Waals surface area contributed by atoms with E-state index in [1.54, 1.807) is 0 Å². The van der Waals surface area contributed by atoms with Crippen molar-refractivity contribution in [3.8, 4) is 0 Å². The van der Waals surface area contributed by atoms with Gasteiger partial charge in [-0.3, -0.25) is 4.99 Å². The number of morpholine rings is 1. The number of pyridine rings is 1. The molecule has 0 aromatic carbocycles. The number of hydrogen-bond donors (Lipinski definition) is 2. The molecule has 2 aromatic rings. The highest BCUT2D eigenvalue weighted by molar-refractivity contribution is 14.0. The van der Waals surface area contributed by atoms with Crippen LogP contribution in [0.4, 0.5) is 5.82 Å². The lowest BCUT2D eigenvalue weighted by atomic mass is 9.73. The molecule has 0 radical (unpaired) electrons. The predicted molar refractivity (Wildman–Crippen MR) is 145 cm³/mol. The van der Waals surface area contributed by atoms with Crippen molar-refractivity contribution in [1.29, 1.82) is 0 Å². The Balaban J connectivity index is 0.00000289. The quantitative estimate of drug-likeness (QED) is 0.304. The Labute approximate surface area is 213 Å². The molecule has 1 atom stereocenters. The molecule has 1 aliphatic carbocycles. The van der Waals surface area contributed by atoms with Gasteiger partial charge in [-0.1, -0.05) is 25.3 Å². The zero-order valence-corrected chi connectivity index (χ0v) is 22.3. The molecule has 2 aromatic heterocycles. The van der Waals surface area contributed by atoms with Crippen molar-refractivity contribution >= 4 is 47.1 Å². The van der Waals surface area contributed by atoms with E-state index >= 15 is 0 Å². The molecule has 176 valence electrons. The number of halogens is 1. The van der Waals surface area contributed by atoms with Gasteiger partial charge in [-0.15, -0.1) is 35.3 Å². The first kappa shape index (κ1) is 25.2. The monoisotopic (exact) mass is 569 g/mol. The summed E-state index contributed by atoms with van der Waals surface area (Å²) in [7, 11) is 1.85. The summed E-state index contributed by atoms with van der Waals surface area (Å²) in [5, 5.41) is 9.33. The smallest absolute Gasteiger partial charge is 0.191 e. The molecule has 2 fully saturated rings. The molecular weight excluding hydrogens is 533 g/mol. The van der Waals surface area contributed by atoms with E-state index in [0.717, 1.165) is 44.6 Å². The second kappa shape index (κ2) is 12.2. The summed E-state index contributed by atoms with van der Waals surface area (Å²) >= 11 is 1.89. The first-order chi connectivity index (χ1) is 15.2. The summed E-state index contributed by atoms with van der Waals surface area (Å²) < 4.78 is 5.66. The fraction of sp³-hybridized carbons (Fsp3) is 0.583. The van der Waals surface area contributed by atoms with Crippen LogP contribution in [0.15, 0.2) is 40.8 Å². The third kappa shape index (κ3) is 6.35. The van der Waals surface area contributed by atoms with Gasteiger partial charge in [0.15, 0.2) is 5.96 Å². The Hall–Kier alpha value is -1.39. The minimum absolute atomic E-state index is 0. The predicted octanol–water partition coefficient (Wildman–Crippen LogP) is 4.55. The maximum absolute atomic E-state index is 5.66. The first-order valence-electron chi connectivity index (χ1n) is 11.5. The van der Waals surface area contributed by atoms with Crippen LogP contribution in [0.1, 0.15) is 49.5 Å². The third-order valence-corrected chi connectivity index (χ3v) is 7.62. The molecule has 4 rings (SSSR count). The Morgan fingerprint density at radius 2 is 2.12 bits per heavy atom. The first-order valence-corrected chi connectivity index (χ1v) is 12.4. The van der Waals surface area contributed by atoms with Gasteiger partial charge in [0.1, 0.15) is 5.82 Å². The standard InChI is InChI=1S/C24H35N5OS.HI/c1-19-17-29(12-13-30-19)22-15-20(8-11-26-22)16-27-23(25-2)28-18-24(9-4-3-5-10-24)21-7-6-14-31-21;/h6-8,11,14-15,19H,3-5,9-10,12-13,16-18H2,1-2H3,(H2,25,27,28);1H. The van der Waals surface area contributed by atoms with Crippen molar-refractivity contribution in [3.63, 3.8) is 0 Å². The number of thiophene rings is 1. The van der Waals surface area contributed by atoms with Crippen molar-refractivity contribution < 1.29 is 4.74 Å². The number of aliphatic imine (C=N–C) groups is 1. The van der Waals surface area contributed by atoms with Crippen LogP contribution in [0.25, 0.3) is 0 Å². The highest BCUT2D eigenvalue weighted by Crippen LogP contribution is 2.41. The molecule has 2 N–H and O–H groups in total. The molecule has 1 saturated carbocycles. The minimum Gasteiger partial charge on any atom is -0.375 e. The van der Waals surface area contributed by atoms with Gasteiger partial charge in [-0.25, -0.2) is 4.98 Å². The van der Waals surface area contributed by atoms with Gasteiger partial charge in [0.05, 0.1) is 12.7 Å². The summed E-state index contributed by atoms with van der Waals surface area (Å²) in [6.07, 6.45) is 8.63. The Morgan fingerprint density at radius 1 is 1.28 bits per heavy atom. The van der Waals surface area contributed by atoms with Gasteiger partial charge in [-0.2, -0.15) is 0 Å². The summed E-state index contributed by atoms with van der Waals surface area (Å²) in [6, 6.07) is 8.73. The minimum atomic E-state index is 0. The Kier molecular flexibility index (Phi) is 9.61. The molecule has 8 heteroatoms. The lowest BCUT2D eigenvalue weighted by Gasteiger charge is -2.37. The lowest BCUT2D eigenvalue weighted by molar-refractivity contribution is 0.0529. The van der Waals surface area contributed by atoms with Crippen LogP contribution in [0.2, 0.25) is 0 Å². The second-order valence-electron chi connectivity index (χ2n) is 8.75. The van der Waals surface area contributed by atoms with E-state index in [1.807, 2.05) is 24.6 Å². The fourth-order valence-electron chi connectivity index (χ4n) is 4.75. The topological polar surface area (TPSA) is 61.8 Å².